The Labute approximate surface area is 101 Å². The van der Waals surface area contributed by atoms with Crippen molar-refractivity contribution in [1.82, 2.24) is 14.8 Å². The van der Waals surface area contributed by atoms with Gasteiger partial charge in [0.15, 0.2) is 0 Å². The normalized spacial score (nSPS) is 10.5. The van der Waals surface area contributed by atoms with Crippen LogP contribution in [0.3, 0.4) is 0 Å². The van der Waals surface area contributed by atoms with Crippen molar-refractivity contribution >= 4 is 11.4 Å². The fraction of sp³-hybridized carbons (Fsp3) is 0.333. The van der Waals surface area contributed by atoms with Gasteiger partial charge in [-0.25, -0.2) is 0 Å². The van der Waals surface area contributed by atoms with E-state index in [1.165, 1.54) is 0 Å². The highest BCUT2D eigenvalue weighted by Crippen LogP contribution is 2.20. The Morgan fingerprint density at radius 1 is 1.41 bits per heavy atom. The van der Waals surface area contributed by atoms with Crippen LogP contribution in [0, 0.1) is 6.92 Å². The number of aryl methyl sites for hydroxylation is 1. The fourth-order valence-corrected chi connectivity index (χ4v) is 1.69. The molecule has 1 aromatic heterocycles. The van der Waals surface area contributed by atoms with E-state index in [0.29, 0.717) is 0 Å². The molecule has 1 heterocycles. The number of anilines is 2. The summed E-state index contributed by atoms with van der Waals surface area (Å²) < 4.78 is 1.92. The largest absolute Gasteiger partial charge is 0.398 e. The number of nitrogens with zero attached hydrogens (tertiary/aromatic N) is 3. The van der Waals surface area contributed by atoms with Crippen molar-refractivity contribution in [3.8, 4) is 0 Å². The number of nitrogens with two attached hydrogens (primary N) is 1. The lowest BCUT2D eigenvalue weighted by molar-refractivity contribution is 0.788. The number of benzene rings is 1. The molecule has 0 radical (unpaired) electrons. The standard InChI is InChI=1S/C12H17N5/c1-9-10(13)4-3-5-11(9)14-7-6-12-16-15-8-17(12)2/h3-5,8,14H,6-7,13H2,1-2H3. The molecule has 0 aliphatic rings. The topological polar surface area (TPSA) is 68.8 Å². The molecule has 0 atom stereocenters. The van der Waals surface area contributed by atoms with Gasteiger partial charge in [0.25, 0.3) is 0 Å². The Bertz CT molecular complexity index is 503. The van der Waals surface area contributed by atoms with Gasteiger partial charge in [-0.2, -0.15) is 0 Å². The summed E-state index contributed by atoms with van der Waals surface area (Å²) in [5.74, 6) is 0.971. The molecule has 2 rings (SSSR count). The second-order valence-corrected chi connectivity index (χ2v) is 4.05. The van der Waals surface area contributed by atoms with Crippen LogP contribution in [0.4, 0.5) is 11.4 Å². The van der Waals surface area contributed by atoms with E-state index in [1.54, 1.807) is 6.33 Å². The molecule has 3 N–H and O–H groups in total. The minimum Gasteiger partial charge on any atom is -0.398 e. The average Bonchev–Trinajstić information content (AvgIpc) is 2.71. The third-order valence-electron chi connectivity index (χ3n) is 2.84. The van der Waals surface area contributed by atoms with Gasteiger partial charge in [0.2, 0.25) is 0 Å². The van der Waals surface area contributed by atoms with Gasteiger partial charge in [-0.1, -0.05) is 6.07 Å². The van der Waals surface area contributed by atoms with Crippen molar-refractivity contribution in [1.29, 1.82) is 0 Å². The van der Waals surface area contributed by atoms with Gasteiger partial charge in [-0.15, -0.1) is 10.2 Å². The maximum absolute atomic E-state index is 5.84. The maximum Gasteiger partial charge on any atom is 0.134 e. The van der Waals surface area contributed by atoms with Gasteiger partial charge >= 0.3 is 0 Å². The van der Waals surface area contributed by atoms with Gasteiger partial charge in [-0.3, -0.25) is 0 Å². The summed E-state index contributed by atoms with van der Waals surface area (Å²) >= 11 is 0. The monoisotopic (exact) mass is 231 g/mol. The number of hydrogen-bond acceptors (Lipinski definition) is 4. The molecule has 0 amide bonds. The van der Waals surface area contributed by atoms with Crippen molar-refractivity contribution in [3.05, 3.63) is 35.9 Å². The van der Waals surface area contributed by atoms with Gasteiger partial charge in [0, 0.05) is 31.4 Å². The zero-order chi connectivity index (χ0) is 12.3. The molecule has 0 bridgehead atoms. The highest BCUT2D eigenvalue weighted by Gasteiger charge is 2.02. The summed E-state index contributed by atoms with van der Waals surface area (Å²) in [5.41, 5.74) is 8.82. The number of aromatic nitrogens is 3. The predicted octanol–water partition coefficient (Wildman–Crippen LogP) is 1.36. The molecule has 0 fully saturated rings. The molecule has 0 unspecified atom stereocenters. The van der Waals surface area contributed by atoms with Gasteiger partial charge in [0.05, 0.1) is 0 Å². The van der Waals surface area contributed by atoms with E-state index >= 15 is 0 Å². The lowest BCUT2D eigenvalue weighted by atomic mass is 10.1. The third-order valence-corrected chi connectivity index (χ3v) is 2.84. The highest BCUT2D eigenvalue weighted by atomic mass is 15.2. The molecule has 0 saturated heterocycles. The smallest absolute Gasteiger partial charge is 0.134 e. The van der Waals surface area contributed by atoms with Crippen molar-refractivity contribution < 1.29 is 0 Å². The Kier molecular flexibility index (Phi) is 3.27. The number of nitrogen functional groups attached to an aromatic ring is 1. The summed E-state index contributed by atoms with van der Waals surface area (Å²) in [6, 6.07) is 5.89. The van der Waals surface area contributed by atoms with Gasteiger partial charge < -0.3 is 15.6 Å². The Morgan fingerprint density at radius 2 is 2.24 bits per heavy atom. The lowest BCUT2D eigenvalue weighted by Gasteiger charge is -2.10. The second-order valence-electron chi connectivity index (χ2n) is 4.05. The minimum absolute atomic E-state index is 0.814. The van der Waals surface area contributed by atoms with Crippen LogP contribution in [0.1, 0.15) is 11.4 Å². The average molecular weight is 231 g/mol. The molecular weight excluding hydrogens is 214 g/mol. The molecule has 5 heteroatoms. The number of rotatable bonds is 4. The Morgan fingerprint density at radius 3 is 2.94 bits per heavy atom. The summed E-state index contributed by atoms with van der Waals surface area (Å²) in [6.45, 7) is 2.83. The van der Waals surface area contributed by atoms with E-state index in [4.69, 9.17) is 5.73 Å². The van der Waals surface area contributed by atoms with Gasteiger partial charge in [0.1, 0.15) is 12.2 Å². The molecule has 5 nitrogen and oxygen atoms in total. The molecule has 0 spiro atoms. The van der Waals surface area contributed by atoms with E-state index in [-0.39, 0.29) is 0 Å². The Hall–Kier alpha value is -2.04. The molecular formula is C12H17N5. The van der Waals surface area contributed by atoms with E-state index in [2.05, 4.69) is 15.5 Å². The molecule has 1 aromatic carbocycles. The quantitative estimate of drug-likeness (QED) is 0.780. The fourth-order valence-electron chi connectivity index (χ4n) is 1.69. The van der Waals surface area contributed by atoms with Gasteiger partial charge in [-0.05, 0) is 24.6 Å². The van der Waals surface area contributed by atoms with Crippen LogP contribution in [0.5, 0.6) is 0 Å². The first kappa shape index (κ1) is 11.4. The summed E-state index contributed by atoms with van der Waals surface area (Å²) in [4.78, 5) is 0. The maximum atomic E-state index is 5.84. The Balaban J connectivity index is 1.95. The van der Waals surface area contributed by atoms with Crippen LogP contribution in [0.15, 0.2) is 24.5 Å². The molecule has 90 valence electrons. The van der Waals surface area contributed by atoms with E-state index in [9.17, 15) is 0 Å². The predicted molar refractivity (Wildman–Crippen MR) is 68.8 cm³/mol. The van der Waals surface area contributed by atoms with Crippen molar-refractivity contribution in [2.45, 2.75) is 13.3 Å². The first-order chi connectivity index (χ1) is 8.18. The first-order valence-corrected chi connectivity index (χ1v) is 5.60. The van der Waals surface area contributed by atoms with E-state index < -0.39 is 0 Å². The van der Waals surface area contributed by atoms with Crippen LogP contribution in [0.25, 0.3) is 0 Å². The van der Waals surface area contributed by atoms with Crippen LogP contribution < -0.4 is 11.1 Å². The summed E-state index contributed by atoms with van der Waals surface area (Å²) in [5, 5.41) is 11.2. The van der Waals surface area contributed by atoms with Crippen LogP contribution in [-0.4, -0.2) is 21.3 Å². The zero-order valence-electron chi connectivity index (χ0n) is 10.1. The van der Waals surface area contributed by atoms with Crippen LogP contribution in [0.2, 0.25) is 0 Å². The van der Waals surface area contributed by atoms with Crippen molar-refractivity contribution in [2.75, 3.05) is 17.6 Å². The highest BCUT2D eigenvalue weighted by molar-refractivity contribution is 5.62. The number of hydrogen-bond donors (Lipinski definition) is 2. The summed E-state index contributed by atoms with van der Waals surface area (Å²) in [7, 11) is 1.95. The molecule has 2 aromatic rings. The molecule has 17 heavy (non-hydrogen) atoms. The molecule has 0 saturated carbocycles. The zero-order valence-corrected chi connectivity index (χ0v) is 10.1. The second kappa shape index (κ2) is 4.86. The van der Waals surface area contributed by atoms with E-state index in [1.807, 2.05) is 36.7 Å². The van der Waals surface area contributed by atoms with Crippen molar-refractivity contribution in [2.24, 2.45) is 7.05 Å². The molecule has 0 aliphatic heterocycles. The van der Waals surface area contributed by atoms with E-state index in [0.717, 1.165) is 35.7 Å². The SMILES string of the molecule is Cc1c(N)cccc1NCCc1nncn1C. The van der Waals surface area contributed by atoms with Crippen LogP contribution in [-0.2, 0) is 13.5 Å². The van der Waals surface area contributed by atoms with Crippen molar-refractivity contribution in [3.63, 3.8) is 0 Å². The number of nitrogens with one attached hydrogen (secondary N) is 1. The van der Waals surface area contributed by atoms with Crippen LogP contribution >= 0.6 is 0 Å². The molecule has 0 aliphatic carbocycles. The third kappa shape index (κ3) is 2.55. The minimum atomic E-state index is 0.814. The first-order valence-electron chi connectivity index (χ1n) is 5.60. The summed E-state index contributed by atoms with van der Waals surface area (Å²) in [6.07, 6.45) is 2.55. The lowest BCUT2D eigenvalue weighted by Crippen LogP contribution is -2.09.